The van der Waals surface area contributed by atoms with Crippen LogP contribution in [0.4, 0.5) is 0 Å². The van der Waals surface area contributed by atoms with Crippen molar-refractivity contribution in [1.29, 1.82) is 0 Å². The van der Waals surface area contributed by atoms with Crippen LogP contribution in [0.15, 0.2) is 22.8 Å². The van der Waals surface area contributed by atoms with E-state index in [4.69, 9.17) is 13.9 Å². The molecule has 0 radical (unpaired) electrons. The lowest BCUT2D eigenvalue weighted by atomic mass is 10.0. The Morgan fingerprint density at radius 3 is 3.05 bits per heavy atom. The zero-order valence-electron chi connectivity index (χ0n) is 13.7. The largest absolute Gasteiger partial charge is 0.468 e. The summed E-state index contributed by atoms with van der Waals surface area (Å²) < 4.78 is 17.4. The molecule has 1 aliphatic heterocycles. The Hall–Kier alpha value is -0.880. The summed E-state index contributed by atoms with van der Waals surface area (Å²) in [6.07, 6.45) is 4.48. The molecular weight excluding hydrogens is 280 g/mol. The molecule has 3 atom stereocenters. The molecule has 1 aromatic heterocycles. The van der Waals surface area contributed by atoms with Crippen LogP contribution in [0.3, 0.4) is 0 Å². The van der Waals surface area contributed by atoms with Crippen LogP contribution in [0.5, 0.6) is 0 Å². The molecule has 0 spiro atoms. The standard InChI is InChI=1S/C17H28N2O3/c1-18(2)7-10-20-13-14-5-6-16-17(14)22-11-8-19(16)12-15-4-3-9-21-15/h3-4,9,14,16-17H,5-8,10-13H2,1-2H3/t14-,16+,17-/m0/s1. The molecule has 1 saturated carbocycles. The number of furan rings is 1. The number of morpholine rings is 1. The van der Waals surface area contributed by atoms with Gasteiger partial charge in [0.15, 0.2) is 0 Å². The molecule has 3 rings (SSSR count). The molecule has 0 bridgehead atoms. The molecule has 5 heteroatoms. The monoisotopic (exact) mass is 308 g/mol. The third-order valence-corrected chi connectivity index (χ3v) is 4.79. The minimum atomic E-state index is 0.322. The third-order valence-electron chi connectivity index (χ3n) is 4.79. The van der Waals surface area contributed by atoms with Crippen molar-refractivity contribution < 1.29 is 13.9 Å². The Morgan fingerprint density at radius 2 is 2.27 bits per heavy atom. The molecule has 0 aromatic carbocycles. The molecular formula is C17H28N2O3. The van der Waals surface area contributed by atoms with Gasteiger partial charge in [-0.25, -0.2) is 0 Å². The second-order valence-corrected chi connectivity index (χ2v) is 6.67. The summed E-state index contributed by atoms with van der Waals surface area (Å²) in [5.74, 6) is 1.58. The molecule has 2 aliphatic rings. The minimum absolute atomic E-state index is 0.322. The Bertz CT molecular complexity index is 435. The number of nitrogens with zero attached hydrogens (tertiary/aromatic N) is 2. The van der Waals surface area contributed by atoms with E-state index in [1.807, 2.05) is 6.07 Å². The van der Waals surface area contributed by atoms with E-state index >= 15 is 0 Å². The molecule has 2 fully saturated rings. The van der Waals surface area contributed by atoms with Gasteiger partial charge in [0.05, 0.1) is 38.7 Å². The Kier molecular flexibility index (Phi) is 5.52. The Morgan fingerprint density at radius 1 is 1.36 bits per heavy atom. The van der Waals surface area contributed by atoms with E-state index in [1.54, 1.807) is 6.26 Å². The number of likely N-dealkylation sites (N-methyl/N-ethyl adjacent to an activating group) is 1. The average Bonchev–Trinajstić information content (AvgIpc) is 3.14. The third kappa shape index (κ3) is 3.90. The molecule has 0 unspecified atom stereocenters. The highest BCUT2D eigenvalue weighted by Gasteiger charge is 2.42. The predicted molar refractivity (Wildman–Crippen MR) is 84.7 cm³/mol. The molecule has 1 aromatic rings. The van der Waals surface area contributed by atoms with Crippen molar-refractivity contribution in [3.8, 4) is 0 Å². The normalized spacial score (nSPS) is 29.1. The van der Waals surface area contributed by atoms with Gasteiger partial charge in [0.25, 0.3) is 0 Å². The second-order valence-electron chi connectivity index (χ2n) is 6.67. The van der Waals surface area contributed by atoms with Crippen molar-refractivity contribution in [2.24, 2.45) is 5.92 Å². The van der Waals surface area contributed by atoms with E-state index in [0.29, 0.717) is 18.1 Å². The van der Waals surface area contributed by atoms with Crippen molar-refractivity contribution in [1.82, 2.24) is 9.80 Å². The smallest absolute Gasteiger partial charge is 0.117 e. The lowest BCUT2D eigenvalue weighted by molar-refractivity contribution is -0.0896. The number of rotatable bonds is 7. The van der Waals surface area contributed by atoms with Crippen molar-refractivity contribution in [2.75, 3.05) is 47.0 Å². The molecule has 2 heterocycles. The van der Waals surface area contributed by atoms with Crippen LogP contribution in [0.25, 0.3) is 0 Å². The summed E-state index contributed by atoms with van der Waals surface area (Å²) in [5.41, 5.74) is 0. The highest BCUT2D eigenvalue weighted by atomic mass is 16.5. The summed E-state index contributed by atoms with van der Waals surface area (Å²) in [6, 6.07) is 4.53. The molecule has 0 amide bonds. The highest BCUT2D eigenvalue weighted by Crippen LogP contribution is 2.35. The summed E-state index contributed by atoms with van der Waals surface area (Å²) in [7, 11) is 4.15. The van der Waals surface area contributed by atoms with Crippen LogP contribution < -0.4 is 0 Å². The Balaban J connectivity index is 1.49. The minimum Gasteiger partial charge on any atom is -0.468 e. The van der Waals surface area contributed by atoms with E-state index in [0.717, 1.165) is 45.2 Å². The van der Waals surface area contributed by atoms with Gasteiger partial charge in [-0.2, -0.15) is 0 Å². The van der Waals surface area contributed by atoms with Crippen LogP contribution in [0.1, 0.15) is 18.6 Å². The van der Waals surface area contributed by atoms with Gasteiger partial charge in [0.1, 0.15) is 5.76 Å². The maximum atomic E-state index is 6.08. The van der Waals surface area contributed by atoms with Crippen LogP contribution in [0.2, 0.25) is 0 Å². The van der Waals surface area contributed by atoms with E-state index < -0.39 is 0 Å². The zero-order chi connectivity index (χ0) is 15.4. The molecule has 1 saturated heterocycles. The van der Waals surface area contributed by atoms with Gasteiger partial charge in [-0.15, -0.1) is 0 Å². The van der Waals surface area contributed by atoms with Crippen LogP contribution in [-0.4, -0.2) is 69.0 Å². The van der Waals surface area contributed by atoms with Gasteiger partial charge in [-0.1, -0.05) is 0 Å². The maximum Gasteiger partial charge on any atom is 0.117 e. The maximum absolute atomic E-state index is 6.08. The highest BCUT2D eigenvalue weighted by molar-refractivity contribution is 5.01. The van der Waals surface area contributed by atoms with Crippen molar-refractivity contribution >= 4 is 0 Å². The van der Waals surface area contributed by atoms with Crippen LogP contribution >= 0.6 is 0 Å². The quantitative estimate of drug-likeness (QED) is 0.719. The number of hydrogen-bond acceptors (Lipinski definition) is 5. The van der Waals surface area contributed by atoms with E-state index in [1.165, 1.54) is 12.8 Å². The summed E-state index contributed by atoms with van der Waals surface area (Å²) in [5, 5.41) is 0. The van der Waals surface area contributed by atoms with Gasteiger partial charge in [0.2, 0.25) is 0 Å². The summed E-state index contributed by atoms with van der Waals surface area (Å²) in [6.45, 7) is 5.31. The van der Waals surface area contributed by atoms with Crippen molar-refractivity contribution in [3.05, 3.63) is 24.2 Å². The number of hydrogen-bond donors (Lipinski definition) is 0. The predicted octanol–water partition coefficient (Wildman–Crippen LogP) is 1.84. The lowest BCUT2D eigenvalue weighted by Gasteiger charge is -2.38. The summed E-state index contributed by atoms with van der Waals surface area (Å²) in [4.78, 5) is 4.67. The molecule has 1 aliphatic carbocycles. The number of fused-ring (bicyclic) bond motifs is 1. The van der Waals surface area contributed by atoms with Gasteiger partial charge in [-0.05, 0) is 39.1 Å². The molecule has 0 N–H and O–H groups in total. The lowest BCUT2D eigenvalue weighted by Crippen LogP contribution is -2.50. The first-order chi connectivity index (χ1) is 10.7. The van der Waals surface area contributed by atoms with Gasteiger partial charge >= 0.3 is 0 Å². The second kappa shape index (κ2) is 7.59. The first kappa shape index (κ1) is 16.0. The SMILES string of the molecule is CN(C)CCOC[C@@H]1CC[C@@H]2[C@H]1OCCN2Cc1ccco1. The number of ether oxygens (including phenoxy) is 2. The van der Waals surface area contributed by atoms with Crippen molar-refractivity contribution in [3.63, 3.8) is 0 Å². The van der Waals surface area contributed by atoms with Crippen LogP contribution in [-0.2, 0) is 16.0 Å². The topological polar surface area (TPSA) is 38.1 Å². The fraction of sp³-hybridized carbons (Fsp3) is 0.765. The van der Waals surface area contributed by atoms with E-state index in [9.17, 15) is 0 Å². The Labute approximate surface area is 133 Å². The van der Waals surface area contributed by atoms with Gasteiger partial charge < -0.3 is 18.8 Å². The van der Waals surface area contributed by atoms with Gasteiger partial charge in [0, 0.05) is 25.0 Å². The molecule has 5 nitrogen and oxygen atoms in total. The first-order valence-corrected chi connectivity index (χ1v) is 8.34. The fourth-order valence-corrected chi connectivity index (χ4v) is 3.60. The molecule has 124 valence electrons. The van der Waals surface area contributed by atoms with Crippen LogP contribution in [0, 0.1) is 5.92 Å². The fourth-order valence-electron chi connectivity index (χ4n) is 3.60. The van der Waals surface area contributed by atoms with Gasteiger partial charge in [-0.3, -0.25) is 4.90 Å². The first-order valence-electron chi connectivity index (χ1n) is 8.34. The average molecular weight is 308 g/mol. The molecule has 22 heavy (non-hydrogen) atoms. The van der Waals surface area contributed by atoms with E-state index in [2.05, 4.69) is 30.0 Å². The zero-order valence-corrected chi connectivity index (χ0v) is 13.7. The van der Waals surface area contributed by atoms with E-state index in [-0.39, 0.29) is 0 Å². The summed E-state index contributed by atoms with van der Waals surface area (Å²) >= 11 is 0. The van der Waals surface area contributed by atoms with Crippen molar-refractivity contribution in [2.45, 2.75) is 31.5 Å².